The highest BCUT2D eigenvalue weighted by Crippen LogP contribution is 2.28. The molecule has 1 aromatic rings. The Kier molecular flexibility index (Phi) is 2.77. The van der Waals surface area contributed by atoms with Crippen molar-refractivity contribution in [2.24, 2.45) is 0 Å². The minimum atomic E-state index is -0.0750. The fourth-order valence-electron chi connectivity index (χ4n) is 2.18. The summed E-state index contributed by atoms with van der Waals surface area (Å²) in [7, 11) is 0. The van der Waals surface area contributed by atoms with E-state index in [9.17, 15) is 9.59 Å². The molecular formula is C13H15NO2. The Hall–Kier alpha value is -1.64. The Labute approximate surface area is 95.1 Å². The second-order valence-electron chi connectivity index (χ2n) is 4.13. The van der Waals surface area contributed by atoms with E-state index in [0.29, 0.717) is 0 Å². The topological polar surface area (TPSA) is 37.4 Å². The average Bonchev–Trinajstić information content (AvgIpc) is 2.57. The zero-order valence-electron chi connectivity index (χ0n) is 9.62. The number of rotatable bonds is 2. The lowest BCUT2D eigenvalue weighted by Gasteiger charge is -2.20. The molecule has 0 spiro atoms. The fraction of sp³-hybridized carbons (Fsp3) is 0.385. The predicted octanol–water partition coefficient (Wildman–Crippen LogP) is 1.86. The number of Topliss-reactive ketones (excluding diaryl/α,β-unsaturated/α-hetero) is 1. The summed E-state index contributed by atoms with van der Waals surface area (Å²) in [5, 5.41) is 0. The van der Waals surface area contributed by atoms with E-state index in [1.807, 2.05) is 25.1 Å². The van der Waals surface area contributed by atoms with E-state index in [4.69, 9.17) is 0 Å². The smallest absolute Gasteiger partial charge is 0.234 e. The Morgan fingerprint density at radius 2 is 2.06 bits per heavy atom. The molecule has 3 nitrogen and oxygen atoms in total. The lowest BCUT2D eigenvalue weighted by molar-refractivity contribution is -0.121. The molecule has 16 heavy (non-hydrogen) atoms. The molecule has 1 aromatic carbocycles. The highest BCUT2D eigenvalue weighted by Gasteiger charge is 2.30. The van der Waals surface area contributed by atoms with E-state index in [0.717, 1.165) is 23.2 Å². The van der Waals surface area contributed by atoms with E-state index < -0.39 is 0 Å². The van der Waals surface area contributed by atoms with Gasteiger partial charge in [-0.2, -0.15) is 0 Å². The van der Waals surface area contributed by atoms with Crippen LogP contribution in [0.2, 0.25) is 0 Å². The molecule has 0 bridgehead atoms. The number of hydrogen-bond donors (Lipinski definition) is 0. The van der Waals surface area contributed by atoms with E-state index >= 15 is 0 Å². The van der Waals surface area contributed by atoms with E-state index in [1.54, 1.807) is 4.90 Å². The number of benzene rings is 1. The third kappa shape index (κ3) is 1.73. The van der Waals surface area contributed by atoms with Crippen LogP contribution < -0.4 is 4.90 Å². The summed E-state index contributed by atoms with van der Waals surface area (Å²) >= 11 is 0. The zero-order valence-corrected chi connectivity index (χ0v) is 9.62. The van der Waals surface area contributed by atoms with Crippen LogP contribution in [0.1, 0.15) is 24.5 Å². The fourth-order valence-corrected chi connectivity index (χ4v) is 2.18. The van der Waals surface area contributed by atoms with Crippen LogP contribution in [0.25, 0.3) is 0 Å². The first kappa shape index (κ1) is 10.9. The van der Waals surface area contributed by atoms with Crippen LogP contribution in [-0.4, -0.2) is 18.2 Å². The van der Waals surface area contributed by atoms with E-state index in [1.165, 1.54) is 0 Å². The molecule has 1 aliphatic heterocycles. The van der Waals surface area contributed by atoms with Crippen molar-refractivity contribution >= 4 is 17.4 Å². The number of anilines is 1. The minimum absolute atomic E-state index is 0.00954. The third-order valence-electron chi connectivity index (χ3n) is 2.96. The van der Waals surface area contributed by atoms with Gasteiger partial charge in [0.25, 0.3) is 0 Å². The van der Waals surface area contributed by atoms with Gasteiger partial charge in [-0.1, -0.05) is 25.1 Å². The van der Waals surface area contributed by atoms with Crippen molar-refractivity contribution in [1.29, 1.82) is 0 Å². The molecule has 0 saturated carbocycles. The van der Waals surface area contributed by atoms with Gasteiger partial charge in [0.1, 0.15) is 0 Å². The molecule has 1 amide bonds. The predicted molar refractivity (Wildman–Crippen MR) is 62.5 cm³/mol. The van der Waals surface area contributed by atoms with Crippen molar-refractivity contribution in [3.63, 3.8) is 0 Å². The summed E-state index contributed by atoms with van der Waals surface area (Å²) in [6.45, 7) is 4.27. The quantitative estimate of drug-likeness (QED) is 0.709. The molecule has 1 aliphatic rings. The van der Waals surface area contributed by atoms with Crippen molar-refractivity contribution in [2.75, 3.05) is 11.4 Å². The van der Waals surface area contributed by atoms with Crippen LogP contribution in [0.4, 0.5) is 5.69 Å². The second-order valence-corrected chi connectivity index (χ2v) is 4.13. The minimum Gasteiger partial charge on any atom is -0.304 e. The summed E-state index contributed by atoms with van der Waals surface area (Å²) in [6, 6.07) is 5.98. The number of nitrogens with zero attached hydrogens (tertiary/aromatic N) is 1. The van der Waals surface area contributed by atoms with Gasteiger partial charge in [0.2, 0.25) is 5.91 Å². The number of ketones is 1. The first-order valence-corrected chi connectivity index (χ1v) is 5.54. The van der Waals surface area contributed by atoms with Gasteiger partial charge < -0.3 is 4.90 Å². The molecule has 0 radical (unpaired) electrons. The molecule has 1 fully saturated rings. The molecule has 0 N–H and O–H groups in total. The Bertz CT molecular complexity index is 451. The van der Waals surface area contributed by atoms with Crippen LogP contribution >= 0.6 is 0 Å². The van der Waals surface area contributed by atoms with Crippen molar-refractivity contribution in [2.45, 2.75) is 26.7 Å². The monoisotopic (exact) mass is 217 g/mol. The lowest BCUT2D eigenvalue weighted by Crippen LogP contribution is -2.26. The first-order chi connectivity index (χ1) is 7.63. The second kappa shape index (κ2) is 4.08. The van der Waals surface area contributed by atoms with Crippen molar-refractivity contribution in [3.05, 3.63) is 29.3 Å². The van der Waals surface area contributed by atoms with Crippen LogP contribution in [0.3, 0.4) is 0 Å². The van der Waals surface area contributed by atoms with Crippen molar-refractivity contribution in [3.8, 4) is 0 Å². The van der Waals surface area contributed by atoms with Crippen LogP contribution in [0, 0.1) is 6.92 Å². The van der Waals surface area contributed by atoms with Gasteiger partial charge in [0, 0.05) is 0 Å². The molecule has 84 valence electrons. The number of hydrogen-bond acceptors (Lipinski definition) is 2. The molecule has 0 aromatic heterocycles. The largest absolute Gasteiger partial charge is 0.304 e. The molecule has 1 saturated heterocycles. The molecular weight excluding hydrogens is 202 g/mol. The van der Waals surface area contributed by atoms with Gasteiger partial charge >= 0.3 is 0 Å². The number of para-hydroxylation sites is 1. The lowest BCUT2D eigenvalue weighted by atomic mass is 10.0. The summed E-state index contributed by atoms with van der Waals surface area (Å²) in [6.07, 6.45) is 0.923. The third-order valence-corrected chi connectivity index (χ3v) is 2.96. The Morgan fingerprint density at radius 1 is 1.31 bits per heavy atom. The molecule has 0 atom stereocenters. The first-order valence-electron chi connectivity index (χ1n) is 5.54. The van der Waals surface area contributed by atoms with Crippen molar-refractivity contribution < 1.29 is 9.59 Å². The molecule has 3 heteroatoms. The molecule has 1 heterocycles. The molecule has 2 rings (SSSR count). The normalized spacial score (nSPS) is 16.0. The number of aryl methyl sites for hydroxylation is 2. The van der Waals surface area contributed by atoms with Gasteiger partial charge in [-0.05, 0) is 24.5 Å². The number of carbonyl (C=O) groups is 2. The van der Waals surface area contributed by atoms with Crippen LogP contribution in [0.15, 0.2) is 18.2 Å². The Balaban J connectivity index is 2.47. The SMILES string of the molecule is CCc1cccc(C)c1N1CC(=O)CC1=O. The molecule has 0 unspecified atom stereocenters. The van der Waals surface area contributed by atoms with Gasteiger partial charge in [-0.3, -0.25) is 9.59 Å². The summed E-state index contributed by atoms with van der Waals surface area (Å²) in [5.41, 5.74) is 3.12. The number of carbonyl (C=O) groups excluding carboxylic acids is 2. The Morgan fingerprint density at radius 3 is 2.62 bits per heavy atom. The van der Waals surface area contributed by atoms with Crippen LogP contribution in [0.5, 0.6) is 0 Å². The van der Waals surface area contributed by atoms with E-state index in [-0.39, 0.29) is 24.7 Å². The maximum absolute atomic E-state index is 11.7. The van der Waals surface area contributed by atoms with Gasteiger partial charge in [-0.25, -0.2) is 0 Å². The summed E-state index contributed by atoms with van der Waals surface area (Å²) in [4.78, 5) is 24.6. The van der Waals surface area contributed by atoms with Crippen molar-refractivity contribution in [1.82, 2.24) is 0 Å². The zero-order chi connectivity index (χ0) is 11.7. The highest BCUT2D eigenvalue weighted by atomic mass is 16.2. The maximum Gasteiger partial charge on any atom is 0.234 e. The van der Waals surface area contributed by atoms with Gasteiger partial charge in [-0.15, -0.1) is 0 Å². The average molecular weight is 217 g/mol. The molecule has 0 aliphatic carbocycles. The number of amides is 1. The standard InChI is InChI=1S/C13H15NO2/c1-3-10-6-4-5-9(2)13(10)14-8-11(15)7-12(14)16/h4-6H,3,7-8H2,1-2H3. The van der Waals surface area contributed by atoms with Gasteiger partial charge in [0.15, 0.2) is 5.78 Å². The maximum atomic E-state index is 11.7. The van der Waals surface area contributed by atoms with Gasteiger partial charge in [0.05, 0.1) is 18.7 Å². The van der Waals surface area contributed by atoms with E-state index in [2.05, 4.69) is 6.92 Å². The summed E-state index contributed by atoms with van der Waals surface area (Å²) < 4.78 is 0. The highest BCUT2D eigenvalue weighted by molar-refractivity contribution is 6.15. The summed E-state index contributed by atoms with van der Waals surface area (Å²) in [5.74, 6) is -0.0655. The van der Waals surface area contributed by atoms with Crippen LogP contribution in [-0.2, 0) is 16.0 Å².